The van der Waals surface area contributed by atoms with Crippen LogP contribution in [0.15, 0.2) is 53.5 Å². The molecule has 0 saturated carbocycles. The molecule has 1 N–H and O–H groups in total. The summed E-state index contributed by atoms with van der Waals surface area (Å²) < 4.78 is 11.1. The molecule has 0 unspecified atom stereocenters. The second kappa shape index (κ2) is 12.5. The summed E-state index contributed by atoms with van der Waals surface area (Å²) in [6, 6.07) is 15.8. The highest BCUT2D eigenvalue weighted by atomic mass is 16.5. The maximum Gasteiger partial charge on any atom is 0.259 e. The number of likely N-dealkylation sites (N-methyl/N-ethyl adjacent to an activating group) is 1. The van der Waals surface area contributed by atoms with E-state index in [4.69, 9.17) is 14.5 Å². The van der Waals surface area contributed by atoms with E-state index in [1.807, 2.05) is 50.4 Å². The van der Waals surface area contributed by atoms with Crippen LogP contribution in [-0.4, -0.2) is 62.6 Å². The molecule has 0 radical (unpaired) electrons. The molecule has 2 rings (SSSR count). The van der Waals surface area contributed by atoms with Crippen LogP contribution in [0.3, 0.4) is 0 Å². The van der Waals surface area contributed by atoms with Gasteiger partial charge in [0.15, 0.2) is 12.6 Å². The number of carbonyl (C=O) groups excluding carboxylic acids is 1. The number of hydrogen-bond donors (Lipinski definition) is 1. The van der Waals surface area contributed by atoms with Crippen molar-refractivity contribution in [2.24, 2.45) is 4.99 Å². The fourth-order valence-corrected chi connectivity index (χ4v) is 2.85. The molecule has 168 valence electrons. The number of amides is 1. The Labute approximate surface area is 185 Å². The quantitative estimate of drug-likeness (QED) is 0.467. The molecule has 0 heterocycles. The zero-order valence-electron chi connectivity index (χ0n) is 19.2. The number of nitrogens with zero attached hydrogens (tertiary/aromatic N) is 3. The van der Waals surface area contributed by atoms with Gasteiger partial charge in [0, 0.05) is 34.2 Å². The minimum atomic E-state index is -0.0752. The summed E-state index contributed by atoms with van der Waals surface area (Å²) >= 11 is 0. The fraction of sp³-hybridized carbons (Fsp3) is 0.417. The molecule has 1 amide bonds. The second-order valence-electron chi connectivity index (χ2n) is 7.33. The average Bonchev–Trinajstić information content (AvgIpc) is 2.76. The van der Waals surface area contributed by atoms with Crippen LogP contribution in [0.4, 0.5) is 0 Å². The van der Waals surface area contributed by atoms with E-state index in [1.165, 1.54) is 10.5 Å². The maximum atomic E-state index is 11.7. The Kier molecular flexibility index (Phi) is 9.68. The first-order chi connectivity index (χ1) is 14.9. The van der Waals surface area contributed by atoms with Gasteiger partial charge in [-0.05, 0) is 49.2 Å². The van der Waals surface area contributed by atoms with Gasteiger partial charge in [0.2, 0.25) is 0 Å². The van der Waals surface area contributed by atoms with Gasteiger partial charge in [-0.25, -0.2) is 4.99 Å². The lowest BCUT2D eigenvalue weighted by atomic mass is 10.2. The van der Waals surface area contributed by atoms with Crippen LogP contribution in [0.5, 0.6) is 11.5 Å². The maximum absolute atomic E-state index is 11.7. The van der Waals surface area contributed by atoms with Gasteiger partial charge in [0.1, 0.15) is 11.5 Å². The van der Waals surface area contributed by atoms with Crippen LogP contribution < -0.4 is 14.8 Å². The third kappa shape index (κ3) is 8.20. The van der Waals surface area contributed by atoms with E-state index in [-0.39, 0.29) is 12.5 Å². The summed E-state index contributed by atoms with van der Waals surface area (Å²) in [6.07, 6.45) is 0. The van der Waals surface area contributed by atoms with E-state index in [1.54, 1.807) is 14.1 Å². The first kappa shape index (κ1) is 24.1. The molecule has 7 heteroatoms. The van der Waals surface area contributed by atoms with E-state index in [0.717, 1.165) is 30.4 Å². The number of carbonyl (C=O) groups is 1. The van der Waals surface area contributed by atoms with Crippen molar-refractivity contribution in [3.63, 3.8) is 0 Å². The van der Waals surface area contributed by atoms with E-state index in [2.05, 4.69) is 29.3 Å². The Morgan fingerprint density at radius 1 is 0.968 bits per heavy atom. The largest absolute Gasteiger partial charge is 0.494 e. The van der Waals surface area contributed by atoms with Gasteiger partial charge in [-0.1, -0.05) is 24.3 Å². The molecular formula is C24H34N4O3. The predicted molar refractivity (Wildman–Crippen MR) is 125 cm³/mol. The lowest BCUT2D eigenvalue weighted by Crippen LogP contribution is -2.38. The molecule has 2 aromatic carbocycles. The molecule has 0 bridgehead atoms. The van der Waals surface area contributed by atoms with Crippen molar-refractivity contribution in [1.29, 1.82) is 0 Å². The lowest BCUT2D eigenvalue weighted by Gasteiger charge is -2.22. The molecule has 0 aliphatic heterocycles. The smallest absolute Gasteiger partial charge is 0.259 e. The van der Waals surface area contributed by atoms with E-state index in [9.17, 15) is 4.79 Å². The SMILES string of the molecule is CCNC(=NCc1cccc(OCC(=O)N(C)C)c1)N(C)Cc1ccc(OCC)cc1. The highest BCUT2D eigenvalue weighted by Crippen LogP contribution is 2.15. The Bertz CT molecular complexity index is 850. The second-order valence-corrected chi connectivity index (χ2v) is 7.33. The van der Waals surface area contributed by atoms with Crippen molar-refractivity contribution in [1.82, 2.24) is 15.1 Å². The van der Waals surface area contributed by atoms with Crippen molar-refractivity contribution in [3.8, 4) is 11.5 Å². The Hall–Kier alpha value is -3.22. The third-order valence-corrected chi connectivity index (χ3v) is 4.52. The standard InChI is InChI=1S/C24H34N4O3/c1-6-25-24(28(5)17-19-11-13-21(14-12-19)30-7-2)26-16-20-9-8-10-22(15-20)31-18-23(29)27(3)4/h8-15H,6-7,16-18H2,1-5H3,(H,25,26). The molecule has 0 saturated heterocycles. The number of rotatable bonds is 10. The number of aliphatic imine (C=N–C) groups is 1. The first-order valence-corrected chi connectivity index (χ1v) is 10.6. The molecule has 0 spiro atoms. The Morgan fingerprint density at radius 3 is 2.35 bits per heavy atom. The number of nitrogens with one attached hydrogen (secondary N) is 1. The van der Waals surface area contributed by atoms with Gasteiger partial charge in [0.25, 0.3) is 5.91 Å². The van der Waals surface area contributed by atoms with Crippen LogP contribution in [0.25, 0.3) is 0 Å². The summed E-state index contributed by atoms with van der Waals surface area (Å²) in [5.41, 5.74) is 2.19. The number of ether oxygens (including phenoxy) is 2. The van der Waals surface area contributed by atoms with Crippen molar-refractivity contribution in [3.05, 3.63) is 59.7 Å². The topological polar surface area (TPSA) is 66.4 Å². The van der Waals surface area contributed by atoms with Gasteiger partial charge >= 0.3 is 0 Å². The molecule has 0 aliphatic rings. The Balaban J connectivity index is 2.01. The monoisotopic (exact) mass is 426 g/mol. The third-order valence-electron chi connectivity index (χ3n) is 4.52. The molecule has 0 fully saturated rings. The summed E-state index contributed by atoms with van der Waals surface area (Å²) in [7, 11) is 5.44. The summed E-state index contributed by atoms with van der Waals surface area (Å²) in [6.45, 7) is 6.73. The molecule has 2 aromatic rings. The van der Waals surface area contributed by atoms with Crippen molar-refractivity contribution >= 4 is 11.9 Å². The molecule has 7 nitrogen and oxygen atoms in total. The van der Waals surface area contributed by atoms with Gasteiger partial charge in [-0.3, -0.25) is 4.79 Å². The highest BCUT2D eigenvalue weighted by Gasteiger charge is 2.08. The average molecular weight is 427 g/mol. The van der Waals surface area contributed by atoms with Gasteiger partial charge < -0.3 is 24.6 Å². The van der Waals surface area contributed by atoms with Crippen molar-refractivity contribution < 1.29 is 14.3 Å². The summed E-state index contributed by atoms with van der Waals surface area (Å²) in [5.74, 6) is 2.29. The minimum Gasteiger partial charge on any atom is -0.494 e. The molecule has 0 aliphatic carbocycles. The highest BCUT2D eigenvalue weighted by molar-refractivity contribution is 5.79. The van der Waals surface area contributed by atoms with Crippen molar-refractivity contribution in [2.75, 3.05) is 40.9 Å². The predicted octanol–water partition coefficient (Wildman–Crippen LogP) is 3.15. The van der Waals surface area contributed by atoms with E-state index in [0.29, 0.717) is 18.9 Å². The van der Waals surface area contributed by atoms with Gasteiger partial charge in [0.05, 0.1) is 13.2 Å². The normalized spacial score (nSPS) is 11.1. The number of guanidine groups is 1. The lowest BCUT2D eigenvalue weighted by molar-refractivity contribution is -0.130. The van der Waals surface area contributed by atoms with Crippen LogP contribution >= 0.6 is 0 Å². The van der Waals surface area contributed by atoms with Crippen LogP contribution in [0.2, 0.25) is 0 Å². The molecule has 0 atom stereocenters. The minimum absolute atomic E-state index is 0.0210. The van der Waals surface area contributed by atoms with E-state index >= 15 is 0 Å². The summed E-state index contributed by atoms with van der Waals surface area (Å²) in [5, 5.41) is 3.34. The van der Waals surface area contributed by atoms with Gasteiger partial charge in [-0.15, -0.1) is 0 Å². The van der Waals surface area contributed by atoms with Crippen LogP contribution in [0, 0.1) is 0 Å². The Morgan fingerprint density at radius 2 is 1.71 bits per heavy atom. The van der Waals surface area contributed by atoms with Gasteiger partial charge in [-0.2, -0.15) is 0 Å². The fourth-order valence-electron chi connectivity index (χ4n) is 2.85. The van der Waals surface area contributed by atoms with Crippen LogP contribution in [0.1, 0.15) is 25.0 Å². The summed E-state index contributed by atoms with van der Waals surface area (Å²) in [4.78, 5) is 20.1. The number of hydrogen-bond acceptors (Lipinski definition) is 4. The van der Waals surface area contributed by atoms with Crippen molar-refractivity contribution in [2.45, 2.75) is 26.9 Å². The molecule has 31 heavy (non-hydrogen) atoms. The van der Waals surface area contributed by atoms with Crippen LogP contribution in [-0.2, 0) is 17.9 Å². The number of benzene rings is 2. The zero-order valence-corrected chi connectivity index (χ0v) is 19.2. The zero-order chi connectivity index (χ0) is 22.6. The molecular weight excluding hydrogens is 392 g/mol. The van der Waals surface area contributed by atoms with E-state index < -0.39 is 0 Å². The first-order valence-electron chi connectivity index (χ1n) is 10.6. The molecule has 0 aromatic heterocycles.